The average molecular weight is 198 g/mol. The summed E-state index contributed by atoms with van der Waals surface area (Å²) in [7, 11) is 0. The van der Waals surface area contributed by atoms with Gasteiger partial charge in [0.15, 0.2) is 0 Å². The summed E-state index contributed by atoms with van der Waals surface area (Å²) < 4.78 is 0. The molecule has 1 atom stereocenters. The number of thiocarbonyl (C=S) groups is 1. The largest absolute Gasteiger partial charge is 0.392 e. The Bertz CT molecular complexity index is 209. The lowest BCUT2D eigenvalue weighted by Crippen LogP contribution is -2.44. The quantitative estimate of drug-likeness (QED) is 0.679. The number of nitrogens with zero attached hydrogens (tertiary/aromatic N) is 1. The molecule has 74 valence electrons. The minimum absolute atomic E-state index is 0.308. The predicted octanol–water partition coefficient (Wildman–Crippen LogP) is 1.54. The summed E-state index contributed by atoms with van der Waals surface area (Å²) in [4.78, 5) is 3.17. The van der Waals surface area contributed by atoms with Crippen molar-refractivity contribution in [2.45, 2.75) is 44.7 Å². The number of rotatable bonds is 5. The van der Waals surface area contributed by atoms with Crippen LogP contribution < -0.4 is 5.73 Å². The summed E-state index contributed by atoms with van der Waals surface area (Å²) in [5.41, 5.74) is 5.69. The van der Waals surface area contributed by atoms with Crippen molar-refractivity contribution in [2.75, 3.05) is 6.54 Å². The molecule has 2 saturated carbocycles. The molecule has 0 aromatic rings. The Morgan fingerprint density at radius 1 is 1.46 bits per heavy atom. The fourth-order valence-electron chi connectivity index (χ4n) is 1.79. The highest BCUT2D eigenvalue weighted by molar-refractivity contribution is 7.80. The van der Waals surface area contributed by atoms with E-state index < -0.39 is 0 Å². The normalized spacial score (nSPS) is 24.8. The predicted molar refractivity (Wildman–Crippen MR) is 58.7 cm³/mol. The molecule has 2 N–H and O–H groups in total. The van der Waals surface area contributed by atoms with Gasteiger partial charge in [-0.3, -0.25) is 4.90 Å². The zero-order valence-electron chi connectivity index (χ0n) is 8.20. The molecule has 1 unspecified atom stereocenters. The maximum absolute atomic E-state index is 5.69. The number of nitrogens with two attached hydrogens (primary N) is 1. The van der Waals surface area contributed by atoms with Crippen LogP contribution in [0.25, 0.3) is 0 Å². The van der Waals surface area contributed by atoms with Crippen LogP contribution in [0.3, 0.4) is 0 Å². The van der Waals surface area contributed by atoms with E-state index in [1.54, 1.807) is 0 Å². The number of hydrogen-bond donors (Lipinski definition) is 1. The topological polar surface area (TPSA) is 29.3 Å². The van der Waals surface area contributed by atoms with E-state index in [2.05, 4.69) is 11.8 Å². The van der Waals surface area contributed by atoms with Gasteiger partial charge in [0.1, 0.15) is 0 Å². The Kier molecular flexibility index (Phi) is 2.56. The van der Waals surface area contributed by atoms with Gasteiger partial charge in [-0.15, -0.1) is 0 Å². The standard InChI is InChI=1S/C10H18N2S/c1-7(10(11)13)12(9-4-5-9)6-8-2-3-8/h7-9H,2-6H2,1H3,(H2,11,13). The Balaban J connectivity index is 1.90. The molecule has 2 aliphatic rings. The van der Waals surface area contributed by atoms with Gasteiger partial charge in [0.25, 0.3) is 0 Å². The van der Waals surface area contributed by atoms with Crippen LogP contribution in [0.5, 0.6) is 0 Å². The molecular weight excluding hydrogens is 180 g/mol. The van der Waals surface area contributed by atoms with E-state index in [-0.39, 0.29) is 0 Å². The first-order chi connectivity index (χ1) is 6.18. The van der Waals surface area contributed by atoms with Crippen LogP contribution in [0.4, 0.5) is 0 Å². The summed E-state index contributed by atoms with van der Waals surface area (Å²) in [6.07, 6.45) is 5.51. The van der Waals surface area contributed by atoms with E-state index in [1.807, 2.05) is 0 Å². The van der Waals surface area contributed by atoms with Crippen molar-refractivity contribution in [3.8, 4) is 0 Å². The van der Waals surface area contributed by atoms with Crippen LogP contribution in [-0.4, -0.2) is 28.5 Å². The smallest absolute Gasteiger partial charge is 0.0899 e. The summed E-state index contributed by atoms with van der Waals surface area (Å²) in [5.74, 6) is 0.942. The first kappa shape index (κ1) is 9.41. The minimum Gasteiger partial charge on any atom is -0.392 e. The third-order valence-electron chi connectivity index (χ3n) is 3.09. The number of hydrogen-bond acceptors (Lipinski definition) is 2. The van der Waals surface area contributed by atoms with Crippen molar-refractivity contribution in [2.24, 2.45) is 11.7 Å². The summed E-state index contributed by atoms with van der Waals surface area (Å²) in [6.45, 7) is 3.37. The van der Waals surface area contributed by atoms with Crippen LogP contribution in [0.2, 0.25) is 0 Å². The lowest BCUT2D eigenvalue weighted by molar-refractivity contribution is 0.233. The highest BCUT2D eigenvalue weighted by Gasteiger charge is 2.36. The Hall–Kier alpha value is -0.150. The molecule has 0 aromatic heterocycles. The molecule has 2 nitrogen and oxygen atoms in total. The van der Waals surface area contributed by atoms with Crippen molar-refractivity contribution in [3.05, 3.63) is 0 Å². The average Bonchev–Trinajstić information content (AvgIpc) is 2.90. The lowest BCUT2D eigenvalue weighted by atomic mass is 10.2. The van der Waals surface area contributed by atoms with Gasteiger partial charge in [-0.25, -0.2) is 0 Å². The fourth-order valence-corrected chi connectivity index (χ4v) is 1.93. The second kappa shape index (κ2) is 3.54. The third-order valence-corrected chi connectivity index (χ3v) is 3.43. The molecule has 0 radical (unpaired) electrons. The Morgan fingerprint density at radius 3 is 2.46 bits per heavy atom. The van der Waals surface area contributed by atoms with Crippen molar-refractivity contribution >= 4 is 17.2 Å². The third kappa shape index (κ3) is 2.41. The molecule has 0 saturated heterocycles. The first-order valence-electron chi connectivity index (χ1n) is 5.23. The maximum Gasteiger partial charge on any atom is 0.0899 e. The molecule has 0 spiro atoms. The fraction of sp³-hybridized carbons (Fsp3) is 0.900. The van der Waals surface area contributed by atoms with E-state index in [4.69, 9.17) is 18.0 Å². The van der Waals surface area contributed by atoms with Crippen LogP contribution in [0.15, 0.2) is 0 Å². The van der Waals surface area contributed by atoms with Crippen LogP contribution >= 0.6 is 12.2 Å². The molecule has 2 rings (SSSR count). The van der Waals surface area contributed by atoms with Gasteiger partial charge >= 0.3 is 0 Å². The molecule has 0 aliphatic heterocycles. The summed E-state index contributed by atoms with van der Waals surface area (Å²) in [6, 6.07) is 1.10. The Labute approximate surface area is 85.5 Å². The molecular formula is C10H18N2S. The van der Waals surface area contributed by atoms with Gasteiger partial charge in [0, 0.05) is 12.6 Å². The maximum atomic E-state index is 5.69. The second-order valence-electron chi connectivity index (χ2n) is 4.45. The monoisotopic (exact) mass is 198 g/mol. The summed E-state index contributed by atoms with van der Waals surface area (Å²) >= 11 is 5.05. The van der Waals surface area contributed by atoms with Crippen LogP contribution in [0.1, 0.15) is 32.6 Å². The SMILES string of the molecule is CC(C(N)=S)N(CC1CC1)C1CC1. The second-order valence-corrected chi connectivity index (χ2v) is 4.92. The zero-order chi connectivity index (χ0) is 9.42. The van der Waals surface area contributed by atoms with E-state index >= 15 is 0 Å². The minimum atomic E-state index is 0.308. The van der Waals surface area contributed by atoms with Crippen LogP contribution in [-0.2, 0) is 0 Å². The molecule has 13 heavy (non-hydrogen) atoms. The molecule has 3 heteroatoms. The van der Waals surface area contributed by atoms with Crippen molar-refractivity contribution in [1.82, 2.24) is 4.90 Å². The first-order valence-corrected chi connectivity index (χ1v) is 5.64. The van der Waals surface area contributed by atoms with E-state index in [1.165, 1.54) is 32.2 Å². The van der Waals surface area contributed by atoms with Gasteiger partial charge in [0.2, 0.25) is 0 Å². The molecule has 0 amide bonds. The van der Waals surface area contributed by atoms with E-state index in [0.717, 1.165) is 12.0 Å². The molecule has 0 aromatic carbocycles. The highest BCUT2D eigenvalue weighted by atomic mass is 32.1. The van der Waals surface area contributed by atoms with Gasteiger partial charge in [0.05, 0.1) is 11.0 Å². The van der Waals surface area contributed by atoms with E-state index in [9.17, 15) is 0 Å². The molecule has 0 bridgehead atoms. The molecule has 2 aliphatic carbocycles. The van der Waals surface area contributed by atoms with Crippen molar-refractivity contribution < 1.29 is 0 Å². The van der Waals surface area contributed by atoms with Crippen LogP contribution in [0, 0.1) is 5.92 Å². The van der Waals surface area contributed by atoms with Gasteiger partial charge < -0.3 is 5.73 Å². The van der Waals surface area contributed by atoms with Crippen molar-refractivity contribution in [3.63, 3.8) is 0 Å². The molecule has 2 fully saturated rings. The zero-order valence-corrected chi connectivity index (χ0v) is 9.02. The van der Waals surface area contributed by atoms with Crippen molar-refractivity contribution in [1.29, 1.82) is 0 Å². The lowest BCUT2D eigenvalue weighted by Gasteiger charge is -2.28. The Morgan fingerprint density at radius 2 is 2.08 bits per heavy atom. The van der Waals surface area contributed by atoms with Gasteiger partial charge in [-0.2, -0.15) is 0 Å². The van der Waals surface area contributed by atoms with Gasteiger partial charge in [-0.05, 0) is 38.5 Å². The molecule has 0 heterocycles. The van der Waals surface area contributed by atoms with E-state index in [0.29, 0.717) is 11.0 Å². The summed E-state index contributed by atoms with van der Waals surface area (Å²) in [5, 5.41) is 0. The van der Waals surface area contributed by atoms with Gasteiger partial charge in [-0.1, -0.05) is 12.2 Å². The highest BCUT2D eigenvalue weighted by Crippen LogP contribution is 2.35.